The summed E-state index contributed by atoms with van der Waals surface area (Å²) in [6.07, 6.45) is 3.94. The quantitative estimate of drug-likeness (QED) is 0.360. The molecule has 0 spiro atoms. The molecule has 32 heavy (non-hydrogen) atoms. The Kier molecular flexibility index (Phi) is 8.38. The van der Waals surface area contributed by atoms with Crippen LogP contribution in [0.2, 0.25) is 0 Å². The topological polar surface area (TPSA) is 139 Å². The molecule has 168 valence electrons. The number of aromatic nitrogens is 2. The van der Waals surface area contributed by atoms with E-state index in [1.807, 2.05) is 0 Å². The molecule has 3 N–H and O–H groups in total. The van der Waals surface area contributed by atoms with Crippen molar-refractivity contribution < 1.29 is 32.6 Å². The Balaban J connectivity index is 0.000000390. The smallest absolute Gasteiger partial charge is 0.328 e. The van der Waals surface area contributed by atoms with Crippen molar-refractivity contribution in [2.75, 3.05) is 7.05 Å². The van der Waals surface area contributed by atoms with Crippen molar-refractivity contribution in [1.29, 1.82) is 0 Å². The van der Waals surface area contributed by atoms with Gasteiger partial charge in [-0.3, -0.25) is 0 Å². The zero-order valence-corrected chi connectivity index (χ0v) is 17.7. The normalized spacial score (nSPS) is 11.1. The third kappa shape index (κ3) is 6.33. The highest BCUT2D eigenvalue weighted by molar-refractivity contribution is 7.90. The lowest BCUT2D eigenvalue weighted by Crippen LogP contribution is -2.13. The largest absolute Gasteiger partial charge is 0.478 e. The van der Waals surface area contributed by atoms with Crippen LogP contribution in [0.1, 0.15) is 5.56 Å². The molecule has 0 aliphatic rings. The van der Waals surface area contributed by atoms with Crippen LogP contribution in [0.5, 0.6) is 0 Å². The number of benzene rings is 1. The summed E-state index contributed by atoms with van der Waals surface area (Å²) < 4.78 is 41.1. The second kappa shape index (κ2) is 11.0. The average Bonchev–Trinajstić information content (AvgIpc) is 3.18. The highest BCUT2D eigenvalue weighted by Crippen LogP contribution is 2.28. The molecular formula is C21H20FN3O6S. The summed E-state index contributed by atoms with van der Waals surface area (Å²) in [5, 5.41) is 18.6. The fourth-order valence-electron chi connectivity index (χ4n) is 2.62. The predicted octanol–water partition coefficient (Wildman–Crippen LogP) is 2.36. The molecule has 0 unspecified atom stereocenters. The minimum atomic E-state index is -3.84. The lowest BCUT2D eigenvalue weighted by Gasteiger charge is -2.10. The molecule has 0 saturated heterocycles. The summed E-state index contributed by atoms with van der Waals surface area (Å²) >= 11 is 0. The Morgan fingerprint density at radius 2 is 1.72 bits per heavy atom. The maximum Gasteiger partial charge on any atom is 0.328 e. The summed E-state index contributed by atoms with van der Waals surface area (Å²) in [5.74, 6) is -3.23. The fourth-order valence-corrected chi connectivity index (χ4v) is 4.03. The van der Waals surface area contributed by atoms with Gasteiger partial charge in [0.1, 0.15) is 0 Å². The van der Waals surface area contributed by atoms with Crippen molar-refractivity contribution in [3.63, 3.8) is 0 Å². The van der Waals surface area contributed by atoms with Gasteiger partial charge in [-0.1, -0.05) is 18.2 Å². The van der Waals surface area contributed by atoms with Crippen LogP contribution < -0.4 is 5.32 Å². The first kappa shape index (κ1) is 24.4. The summed E-state index contributed by atoms with van der Waals surface area (Å²) in [4.78, 5) is 22.9. The second-order valence-electron chi connectivity index (χ2n) is 6.23. The molecule has 2 heterocycles. The first-order valence-electron chi connectivity index (χ1n) is 9.08. The van der Waals surface area contributed by atoms with Gasteiger partial charge >= 0.3 is 11.9 Å². The molecule has 0 atom stereocenters. The summed E-state index contributed by atoms with van der Waals surface area (Å²) in [6, 6.07) is 12.8. The van der Waals surface area contributed by atoms with E-state index in [9.17, 15) is 22.4 Å². The number of nitrogens with zero attached hydrogens (tertiary/aromatic N) is 2. The molecule has 0 fully saturated rings. The highest BCUT2D eigenvalue weighted by Gasteiger charge is 2.23. The number of carbonyl (C=O) groups is 2. The van der Waals surface area contributed by atoms with Gasteiger partial charge in [0.25, 0.3) is 10.0 Å². The molecule has 3 rings (SSSR count). The SMILES string of the molecule is CNCc1cc(-c2cccnc2F)n(S(=O)(=O)c2ccccc2)c1.O=C(O)/C=C/C(=O)O. The molecule has 11 heteroatoms. The van der Waals surface area contributed by atoms with Gasteiger partial charge in [0.05, 0.1) is 16.2 Å². The molecule has 0 aliphatic heterocycles. The van der Waals surface area contributed by atoms with Gasteiger partial charge in [0.2, 0.25) is 5.95 Å². The highest BCUT2D eigenvalue weighted by atomic mass is 32.2. The molecule has 0 bridgehead atoms. The second-order valence-corrected chi connectivity index (χ2v) is 8.04. The van der Waals surface area contributed by atoms with Crippen molar-refractivity contribution in [2.24, 2.45) is 0 Å². The number of nitrogens with one attached hydrogen (secondary N) is 1. The van der Waals surface area contributed by atoms with Gasteiger partial charge in [0.15, 0.2) is 0 Å². The zero-order valence-electron chi connectivity index (χ0n) is 16.8. The third-order valence-corrected chi connectivity index (χ3v) is 5.61. The van der Waals surface area contributed by atoms with E-state index in [-0.39, 0.29) is 16.2 Å². The van der Waals surface area contributed by atoms with E-state index in [0.29, 0.717) is 18.7 Å². The Morgan fingerprint density at radius 3 is 2.25 bits per heavy atom. The van der Waals surface area contributed by atoms with E-state index in [0.717, 1.165) is 9.54 Å². The van der Waals surface area contributed by atoms with Crippen LogP contribution in [-0.2, 0) is 26.2 Å². The molecule has 0 amide bonds. The van der Waals surface area contributed by atoms with Crippen molar-refractivity contribution in [2.45, 2.75) is 11.4 Å². The molecule has 1 aromatic carbocycles. The van der Waals surface area contributed by atoms with Gasteiger partial charge in [-0.05, 0) is 42.9 Å². The van der Waals surface area contributed by atoms with Crippen molar-refractivity contribution in [3.8, 4) is 11.3 Å². The summed E-state index contributed by atoms with van der Waals surface area (Å²) in [5.41, 5.74) is 1.12. The van der Waals surface area contributed by atoms with E-state index in [4.69, 9.17) is 10.2 Å². The third-order valence-electron chi connectivity index (χ3n) is 3.93. The van der Waals surface area contributed by atoms with Crippen molar-refractivity contribution in [1.82, 2.24) is 14.3 Å². The van der Waals surface area contributed by atoms with Gasteiger partial charge in [-0.15, -0.1) is 0 Å². The summed E-state index contributed by atoms with van der Waals surface area (Å²) in [6.45, 7) is 0.464. The molecule has 3 aromatic rings. The van der Waals surface area contributed by atoms with Crippen LogP contribution >= 0.6 is 0 Å². The van der Waals surface area contributed by atoms with Crippen LogP contribution in [0.15, 0.2) is 78.0 Å². The first-order chi connectivity index (χ1) is 15.2. The minimum Gasteiger partial charge on any atom is -0.478 e. The maximum absolute atomic E-state index is 14.1. The molecular weight excluding hydrogens is 441 g/mol. The summed E-state index contributed by atoms with van der Waals surface area (Å²) in [7, 11) is -2.08. The van der Waals surface area contributed by atoms with E-state index < -0.39 is 27.9 Å². The van der Waals surface area contributed by atoms with E-state index in [1.165, 1.54) is 30.6 Å². The molecule has 2 aromatic heterocycles. The van der Waals surface area contributed by atoms with E-state index >= 15 is 0 Å². The Bertz CT molecular complexity index is 1210. The number of halogens is 1. The number of hydrogen-bond acceptors (Lipinski definition) is 6. The number of rotatable bonds is 7. The van der Waals surface area contributed by atoms with Crippen LogP contribution in [0.3, 0.4) is 0 Å². The average molecular weight is 461 g/mol. The van der Waals surface area contributed by atoms with Gasteiger partial charge in [-0.2, -0.15) is 4.39 Å². The lowest BCUT2D eigenvalue weighted by atomic mass is 10.2. The van der Waals surface area contributed by atoms with E-state index in [2.05, 4.69) is 10.3 Å². The molecule has 9 nitrogen and oxygen atoms in total. The minimum absolute atomic E-state index is 0.138. The van der Waals surface area contributed by atoms with Crippen LogP contribution in [-0.4, -0.2) is 46.6 Å². The molecule has 0 radical (unpaired) electrons. The number of carboxylic acids is 2. The predicted molar refractivity (Wildman–Crippen MR) is 114 cm³/mol. The van der Waals surface area contributed by atoms with Gasteiger partial charge in [-0.25, -0.2) is 27.0 Å². The van der Waals surface area contributed by atoms with Crippen LogP contribution in [0, 0.1) is 5.95 Å². The van der Waals surface area contributed by atoms with Crippen LogP contribution in [0.25, 0.3) is 11.3 Å². The van der Waals surface area contributed by atoms with Crippen molar-refractivity contribution in [3.05, 3.63) is 84.6 Å². The molecule has 0 saturated carbocycles. The molecule has 0 aliphatic carbocycles. The van der Waals surface area contributed by atoms with E-state index in [1.54, 1.807) is 37.4 Å². The lowest BCUT2D eigenvalue weighted by molar-refractivity contribution is -0.134. The number of aliphatic carboxylic acids is 2. The van der Waals surface area contributed by atoms with Crippen molar-refractivity contribution >= 4 is 22.0 Å². The standard InChI is InChI=1S/C17H16FN3O2S.C4H4O4/c1-19-11-13-10-16(15-8-5-9-20-17(15)18)21(12-13)24(22,23)14-6-3-2-4-7-14;5-3(6)1-2-4(7)8/h2-10,12,19H,11H2,1H3;1-2H,(H,5,6)(H,7,8)/b;2-1+. The van der Waals surface area contributed by atoms with Gasteiger partial charge < -0.3 is 15.5 Å². The fraction of sp³-hybridized carbons (Fsp3) is 0.0952. The Morgan fingerprint density at radius 1 is 1.09 bits per heavy atom. The number of hydrogen-bond donors (Lipinski definition) is 3. The maximum atomic E-state index is 14.1. The first-order valence-corrected chi connectivity index (χ1v) is 10.5. The van der Waals surface area contributed by atoms with Crippen LogP contribution in [0.4, 0.5) is 4.39 Å². The van der Waals surface area contributed by atoms with Gasteiger partial charge in [0, 0.05) is 31.1 Å². The number of pyridine rings is 1. The number of carboxylic acid groups (broad SMARTS) is 2. The monoisotopic (exact) mass is 461 g/mol. The zero-order chi connectivity index (χ0) is 23.7. The Hall–Kier alpha value is -3.83. The Labute approximate surface area is 183 Å².